The minimum atomic E-state index is -1.18. The third-order valence-corrected chi connectivity index (χ3v) is 3.33. The fourth-order valence-corrected chi connectivity index (χ4v) is 2.41. The van der Waals surface area contributed by atoms with Crippen LogP contribution in [0, 0.1) is 5.92 Å². The Kier molecular flexibility index (Phi) is 5.92. The van der Waals surface area contributed by atoms with Gasteiger partial charge in [0, 0.05) is 6.04 Å². The Bertz CT molecular complexity index is 237. The standard InChI is InChI=1S/C13H25NO3/c1-9(2)17-13(16)12(15)11(14)8-10-6-4-3-5-7-10/h9-12,15H,3-8,14H2,1-2H3/t11-,12?/m0/s1. The lowest BCUT2D eigenvalue weighted by molar-refractivity contribution is -0.158. The van der Waals surface area contributed by atoms with Gasteiger partial charge in [0.05, 0.1) is 6.10 Å². The van der Waals surface area contributed by atoms with Crippen LogP contribution in [0.2, 0.25) is 0 Å². The van der Waals surface area contributed by atoms with Crippen molar-refractivity contribution in [3.8, 4) is 0 Å². The Morgan fingerprint density at radius 1 is 1.35 bits per heavy atom. The van der Waals surface area contributed by atoms with Gasteiger partial charge in [0.15, 0.2) is 6.10 Å². The van der Waals surface area contributed by atoms with E-state index in [0.29, 0.717) is 12.3 Å². The second kappa shape index (κ2) is 6.97. The van der Waals surface area contributed by atoms with E-state index in [4.69, 9.17) is 10.5 Å². The van der Waals surface area contributed by atoms with Crippen LogP contribution < -0.4 is 5.73 Å². The number of carbonyl (C=O) groups excluding carboxylic acids is 1. The third-order valence-electron chi connectivity index (χ3n) is 3.33. The van der Waals surface area contributed by atoms with Gasteiger partial charge >= 0.3 is 5.97 Å². The van der Waals surface area contributed by atoms with Gasteiger partial charge in [0.2, 0.25) is 0 Å². The molecular weight excluding hydrogens is 218 g/mol. The fourth-order valence-electron chi connectivity index (χ4n) is 2.41. The summed E-state index contributed by atoms with van der Waals surface area (Å²) in [6, 6.07) is -0.496. The summed E-state index contributed by atoms with van der Waals surface area (Å²) >= 11 is 0. The predicted octanol–water partition coefficient (Wildman–Crippen LogP) is 1.60. The molecular formula is C13H25NO3. The normalized spacial score (nSPS) is 21.2. The van der Waals surface area contributed by atoms with E-state index in [0.717, 1.165) is 0 Å². The molecule has 17 heavy (non-hydrogen) atoms. The first-order valence-electron chi connectivity index (χ1n) is 6.65. The highest BCUT2D eigenvalue weighted by Gasteiger charge is 2.28. The Morgan fingerprint density at radius 2 is 1.94 bits per heavy atom. The molecule has 4 nitrogen and oxygen atoms in total. The lowest BCUT2D eigenvalue weighted by Crippen LogP contribution is -2.43. The Hall–Kier alpha value is -0.610. The molecule has 100 valence electrons. The van der Waals surface area contributed by atoms with Gasteiger partial charge in [-0.15, -0.1) is 0 Å². The molecule has 1 saturated carbocycles. The first kappa shape index (κ1) is 14.5. The molecule has 0 heterocycles. The van der Waals surface area contributed by atoms with Crippen molar-refractivity contribution in [1.82, 2.24) is 0 Å². The maximum atomic E-state index is 11.5. The minimum Gasteiger partial charge on any atom is -0.461 e. The number of esters is 1. The van der Waals surface area contributed by atoms with Crippen LogP contribution >= 0.6 is 0 Å². The van der Waals surface area contributed by atoms with E-state index < -0.39 is 18.1 Å². The molecule has 3 N–H and O–H groups in total. The van der Waals surface area contributed by atoms with Crippen LogP contribution in [0.25, 0.3) is 0 Å². The van der Waals surface area contributed by atoms with Gasteiger partial charge in [-0.2, -0.15) is 0 Å². The first-order chi connectivity index (χ1) is 8.00. The molecule has 0 radical (unpaired) electrons. The van der Waals surface area contributed by atoms with Crippen LogP contribution in [0.1, 0.15) is 52.4 Å². The molecule has 1 unspecified atom stereocenters. The van der Waals surface area contributed by atoms with E-state index in [-0.39, 0.29) is 6.10 Å². The van der Waals surface area contributed by atoms with Crippen LogP contribution in [0.3, 0.4) is 0 Å². The molecule has 2 atom stereocenters. The number of nitrogens with two attached hydrogens (primary N) is 1. The summed E-state index contributed by atoms with van der Waals surface area (Å²) < 4.78 is 4.95. The van der Waals surface area contributed by atoms with Crippen LogP contribution in [-0.4, -0.2) is 29.3 Å². The topological polar surface area (TPSA) is 72.5 Å². The Labute approximate surface area is 104 Å². The average molecular weight is 243 g/mol. The highest BCUT2D eigenvalue weighted by Crippen LogP contribution is 2.27. The van der Waals surface area contributed by atoms with Crippen molar-refractivity contribution in [3.63, 3.8) is 0 Å². The SMILES string of the molecule is CC(C)OC(=O)C(O)[C@@H](N)CC1CCCCC1. The summed E-state index contributed by atoms with van der Waals surface area (Å²) in [5.74, 6) is -0.0384. The summed E-state index contributed by atoms with van der Waals surface area (Å²) in [5.41, 5.74) is 5.87. The second-order valence-electron chi connectivity index (χ2n) is 5.33. The Morgan fingerprint density at radius 3 is 2.47 bits per heavy atom. The van der Waals surface area contributed by atoms with Crippen molar-refractivity contribution in [2.24, 2.45) is 11.7 Å². The molecule has 4 heteroatoms. The predicted molar refractivity (Wildman–Crippen MR) is 66.4 cm³/mol. The van der Waals surface area contributed by atoms with Gasteiger partial charge in [0.1, 0.15) is 0 Å². The zero-order chi connectivity index (χ0) is 12.8. The second-order valence-corrected chi connectivity index (χ2v) is 5.33. The van der Waals surface area contributed by atoms with Crippen LogP contribution in [0.4, 0.5) is 0 Å². The largest absolute Gasteiger partial charge is 0.461 e. The number of hydrogen-bond donors (Lipinski definition) is 2. The van der Waals surface area contributed by atoms with E-state index in [1.165, 1.54) is 32.1 Å². The summed E-state index contributed by atoms with van der Waals surface area (Å²) in [4.78, 5) is 11.5. The molecule has 0 aliphatic heterocycles. The van der Waals surface area contributed by atoms with Gasteiger partial charge < -0.3 is 15.6 Å². The van der Waals surface area contributed by atoms with Crippen LogP contribution in [0.5, 0.6) is 0 Å². The van der Waals surface area contributed by atoms with E-state index in [1.807, 2.05) is 0 Å². The number of carbonyl (C=O) groups is 1. The van der Waals surface area contributed by atoms with Gasteiger partial charge in [0.25, 0.3) is 0 Å². The number of rotatable bonds is 5. The summed E-state index contributed by atoms with van der Waals surface area (Å²) in [5, 5.41) is 9.77. The fraction of sp³-hybridized carbons (Fsp3) is 0.923. The molecule has 1 rings (SSSR count). The van der Waals surface area contributed by atoms with E-state index >= 15 is 0 Å². The van der Waals surface area contributed by atoms with E-state index in [2.05, 4.69) is 0 Å². The van der Waals surface area contributed by atoms with Gasteiger partial charge in [-0.25, -0.2) is 4.79 Å². The summed E-state index contributed by atoms with van der Waals surface area (Å²) in [6.07, 6.45) is 5.43. The average Bonchev–Trinajstić information content (AvgIpc) is 2.28. The van der Waals surface area contributed by atoms with Crippen molar-refractivity contribution in [2.45, 2.75) is 70.6 Å². The molecule has 0 saturated heterocycles. The number of aliphatic hydroxyl groups excluding tert-OH is 1. The summed E-state index contributed by atoms with van der Waals surface area (Å²) in [7, 11) is 0. The maximum absolute atomic E-state index is 11.5. The number of hydrogen-bond acceptors (Lipinski definition) is 4. The van der Waals surface area contributed by atoms with Crippen molar-refractivity contribution >= 4 is 5.97 Å². The maximum Gasteiger partial charge on any atom is 0.336 e. The molecule has 0 aromatic heterocycles. The smallest absolute Gasteiger partial charge is 0.336 e. The molecule has 0 bridgehead atoms. The zero-order valence-corrected chi connectivity index (χ0v) is 10.9. The first-order valence-corrected chi connectivity index (χ1v) is 6.65. The van der Waals surface area contributed by atoms with Gasteiger partial charge in [-0.1, -0.05) is 32.1 Å². The molecule has 1 aliphatic rings. The van der Waals surface area contributed by atoms with E-state index in [1.54, 1.807) is 13.8 Å². The highest BCUT2D eigenvalue weighted by atomic mass is 16.6. The quantitative estimate of drug-likeness (QED) is 0.719. The summed E-state index contributed by atoms with van der Waals surface area (Å²) in [6.45, 7) is 3.52. The third kappa shape index (κ3) is 5.04. The lowest BCUT2D eigenvalue weighted by atomic mass is 9.84. The minimum absolute atomic E-state index is 0.209. The number of ether oxygens (including phenoxy) is 1. The van der Waals surface area contributed by atoms with E-state index in [9.17, 15) is 9.90 Å². The van der Waals surface area contributed by atoms with Gasteiger partial charge in [-0.05, 0) is 26.2 Å². The van der Waals surface area contributed by atoms with Crippen LogP contribution in [0.15, 0.2) is 0 Å². The lowest BCUT2D eigenvalue weighted by Gasteiger charge is -2.26. The zero-order valence-electron chi connectivity index (χ0n) is 10.9. The monoisotopic (exact) mass is 243 g/mol. The molecule has 0 aromatic carbocycles. The van der Waals surface area contributed by atoms with Crippen molar-refractivity contribution < 1.29 is 14.6 Å². The van der Waals surface area contributed by atoms with Crippen LogP contribution in [-0.2, 0) is 9.53 Å². The molecule has 0 amide bonds. The Balaban J connectivity index is 2.34. The molecule has 0 spiro atoms. The van der Waals surface area contributed by atoms with Gasteiger partial charge in [-0.3, -0.25) is 0 Å². The van der Waals surface area contributed by atoms with Crippen molar-refractivity contribution in [2.75, 3.05) is 0 Å². The molecule has 1 fully saturated rings. The highest BCUT2D eigenvalue weighted by molar-refractivity contribution is 5.75. The molecule has 1 aliphatic carbocycles. The van der Waals surface area contributed by atoms with Crippen molar-refractivity contribution in [1.29, 1.82) is 0 Å². The number of aliphatic hydroxyl groups is 1. The molecule has 0 aromatic rings. The van der Waals surface area contributed by atoms with Crippen molar-refractivity contribution in [3.05, 3.63) is 0 Å².